The van der Waals surface area contributed by atoms with Crippen LogP contribution in [0.1, 0.15) is 22.3 Å². The number of nitrogens with one attached hydrogen (secondary N) is 2. The van der Waals surface area contributed by atoms with Crippen molar-refractivity contribution in [2.75, 3.05) is 6.54 Å². The molecule has 1 aliphatic carbocycles. The van der Waals surface area contributed by atoms with Gasteiger partial charge in [0.1, 0.15) is 5.83 Å². The third-order valence-electron chi connectivity index (χ3n) is 3.36. The number of amides is 1. The summed E-state index contributed by atoms with van der Waals surface area (Å²) in [5, 5.41) is 10.2. The minimum Gasteiger partial charge on any atom is -0.379 e. The van der Waals surface area contributed by atoms with E-state index in [1.54, 1.807) is 18.2 Å². The lowest BCUT2D eigenvalue weighted by Crippen LogP contribution is -2.29. The topological polar surface area (TPSA) is 79.0 Å². The van der Waals surface area contributed by atoms with Gasteiger partial charge in [0.25, 0.3) is 5.91 Å². The molecule has 122 valence electrons. The fourth-order valence-electron chi connectivity index (χ4n) is 2.17. The van der Waals surface area contributed by atoms with E-state index in [1.165, 1.54) is 23.9 Å². The number of carbonyl (C=O) groups excluding carboxylic acids is 1. The Morgan fingerprint density at radius 1 is 1.52 bits per heavy atom. The molecule has 0 aromatic heterocycles. The molecule has 7 heteroatoms. The van der Waals surface area contributed by atoms with E-state index in [-0.39, 0.29) is 22.8 Å². The van der Waals surface area contributed by atoms with Crippen LogP contribution in [0.4, 0.5) is 4.39 Å². The Morgan fingerprint density at radius 2 is 2.30 bits per heavy atom. The molecule has 4 nitrogen and oxygen atoms in total. The zero-order valence-corrected chi connectivity index (χ0v) is 14.7. The van der Waals surface area contributed by atoms with Gasteiger partial charge in [-0.1, -0.05) is 33.8 Å². The lowest BCUT2D eigenvalue weighted by molar-refractivity contribution is 0.0949. The second-order valence-corrected chi connectivity index (χ2v) is 7.04. The molecular formula is C16H17BrFN3OS. The molecule has 1 atom stereocenters. The summed E-state index contributed by atoms with van der Waals surface area (Å²) in [6.45, 7) is 0.453. The van der Waals surface area contributed by atoms with E-state index in [9.17, 15) is 9.18 Å². The number of allylic oxidation sites excluding steroid dienone is 3. The molecule has 23 heavy (non-hydrogen) atoms. The van der Waals surface area contributed by atoms with Crippen molar-refractivity contribution in [1.29, 1.82) is 5.41 Å². The van der Waals surface area contributed by atoms with E-state index in [4.69, 9.17) is 11.1 Å². The van der Waals surface area contributed by atoms with Crippen LogP contribution >= 0.6 is 27.7 Å². The fraction of sp³-hybridized carbons (Fsp3) is 0.250. The van der Waals surface area contributed by atoms with Crippen LogP contribution in [0, 0.1) is 11.3 Å². The van der Waals surface area contributed by atoms with Crippen molar-refractivity contribution >= 4 is 38.8 Å². The molecule has 0 bridgehead atoms. The third kappa shape index (κ3) is 5.51. The summed E-state index contributed by atoms with van der Waals surface area (Å²) >= 11 is 4.55. The first kappa shape index (κ1) is 17.7. The quantitative estimate of drug-likeness (QED) is 0.522. The molecule has 1 aliphatic rings. The van der Waals surface area contributed by atoms with Gasteiger partial charge >= 0.3 is 0 Å². The monoisotopic (exact) mass is 397 g/mol. The average Bonchev–Trinajstić information content (AvgIpc) is 2.52. The number of halogens is 2. The predicted molar refractivity (Wildman–Crippen MR) is 96.1 cm³/mol. The molecule has 0 fully saturated rings. The zero-order chi connectivity index (χ0) is 16.8. The highest BCUT2D eigenvalue weighted by Crippen LogP contribution is 2.22. The van der Waals surface area contributed by atoms with Crippen LogP contribution in [0.2, 0.25) is 0 Å². The minimum atomic E-state index is -0.232. The van der Waals surface area contributed by atoms with Gasteiger partial charge in [0.15, 0.2) is 5.17 Å². The molecule has 1 aromatic rings. The molecular weight excluding hydrogens is 381 g/mol. The second-order valence-electron chi connectivity index (χ2n) is 5.11. The van der Waals surface area contributed by atoms with E-state index in [2.05, 4.69) is 21.2 Å². The number of hydrogen-bond donors (Lipinski definition) is 3. The van der Waals surface area contributed by atoms with Crippen LogP contribution in [-0.2, 0) is 5.75 Å². The Hall–Kier alpha value is -1.60. The van der Waals surface area contributed by atoms with Crippen molar-refractivity contribution in [1.82, 2.24) is 5.32 Å². The smallest absolute Gasteiger partial charge is 0.251 e. The predicted octanol–water partition coefficient (Wildman–Crippen LogP) is 3.74. The molecule has 0 heterocycles. The van der Waals surface area contributed by atoms with E-state index >= 15 is 0 Å². The van der Waals surface area contributed by atoms with Crippen LogP contribution in [0.3, 0.4) is 0 Å². The van der Waals surface area contributed by atoms with Crippen molar-refractivity contribution in [3.05, 3.63) is 57.9 Å². The Labute approximate surface area is 147 Å². The summed E-state index contributed by atoms with van der Waals surface area (Å²) in [5.74, 6) is 0.141. The second kappa shape index (κ2) is 8.31. The van der Waals surface area contributed by atoms with Crippen LogP contribution in [0.5, 0.6) is 0 Å². The Bertz CT molecular complexity index is 675. The largest absolute Gasteiger partial charge is 0.379 e. The Morgan fingerprint density at radius 3 is 2.96 bits per heavy atom. The van der Waals surface area contributed by atoms with Gasteiger partial charge in [-0.3, -0.25) is 10.2 Å². The maximum absolute atomic E-state index is 12.9. The van der Waals surface area contributed by atoms with Crippen molar-refractivity contribution in [3.63, 3.8) is 0 Å². The molecule has 4 N–H and O–H groups in total. The first-order valence-electron chi connectivity index (χ1n) is 7.03. The molecule has 2 rings (SSSR count). The van der Waals surface area contributed by atoms with E-state index in [0.29, 0.717) is 24.3 Å². The molecule has 0 radical (unpaired) electrons. The summed E-state index contributed by atoms with van der Waals surface area (Å²) in [5.41, 5.74) is 6.73. The summed E-state index contributed by atoms with van der Waals surface area (Å²) in [7, 11) is 0. The van der Waals surface area contributed by atoms with Gasteiger partial charge < -0.3 is 11.1 Å². The maximum atomic E-state index is 12.9. The number of carbonyl (C=O) groups is 1. The van der Waals surface area contributed by atoms with Gasteiger partial charge in [-0.15, -0.1) is 0 Å². The Kier molecular flexibility index (Phi) is 6.41. The van der Waals surface area contributed by atoms with Crippen LogP contribution in [0.15, 0.2) is 46.7 Å². The van der Waals surface area contributed by atoms with Gasteiger partial charge in [0.2, 0.25) is 0 Å². The van der Waals surface area contributed by atoms with Crippen LogP contribution in [-0.4, -0.2) is 17.6 Å². The van der Waals surface area contributed by atoms with Crippen molar-refractivity contribution in [2.45, 2.75) is 12.2 Å². The van der Waals surface area contributed by atoms with Crippen LogP contribution in [0.25, 0.3) is 0 Å². The standard InChI is InChI=1S/C16H17BrFN3OS/c17-12-3-6-14(11(7-12)9-23-16(19)20)15(22)21-8-10-1-4-13(18)5-2-10/h1,3-7,10H,2,8-9H2,(H3,19,20)(H,21,22). The maximum Gasteiger partial charge on any atom is 0.251 e. The molecule has 0 spiro atoms. The molecule has 1 unspecified atom stereocenters. The first-order chi connectivity index (χ1) is 11.0. The van der Waals surface area contributed by atoms with Gasteiger partial charge in [-0.05, 0) is 48.3 Å². The first-order valence-corrected chi connectivity index (χ1v) is 8.81. The number of thioether (sulfide) groups is 1. The summed E-state index contributed by atoms with van der Waals surface area (Å²) < 4.78 is 13.8. The van der Waals surface area contributed by atoms with Crippen LogP contribution < -0.4 is 11.1 Å². The Balaban J connectivity index is 2.01. The molecule has 0 saturated carbocycles. The summed E-state index contributed by atoms with van der Waals surface area (Å²) in [6.07, 6.45) is 5.29. The SMILES string of the molecule is N=C(N)SCc1cc(Br)ccc1C(=O)NCC1C=CC(F)=CC1. The molecule has 1 aromatic carbocycles. The normalized spacial score (nSPS) is 16.8. The van der Waals surface area contributed by atoms with Crippen molar-refractivity contribution in [2.24, 2.45) is 11.7 Å². The minimum absolute atomic E-state index is 0.0116. The lowest BCUT2D eigenvalue weighted by atomic mass is 10.00. The van der Waals surface area contributed by atoms with Gasteiger partial charge in [0.05, 0.1) is 0 Å². The number of nitrogens with two attached hydrogens (primary N) is 1. The van der Waals surface area contributed by atoms with Crippen molar-refractivity contribution < 1.29 is 9.18 Å². The number of rotatable bonds is 5. The van der Waals surface area contributed by atoms with E-state index in [0.717, 1.165) is 10.0 Å². The third-order valence-corrected chi connectivity index (χ3v) is 4.62. The van der Waals surface area contributed by atoms with E-state index < -0.39 is 0 Å². The molecule has 0 aliphatic heterocycles. The van der Waals surface area contributed by atoms with Gasteiger partial charge in [-0.2, -0.15) is 0 Å². The number of amidine groups is 1. The highest BCUT2D eigenvalue weighted by Gasteiger charge is 2.15. The highest BCUT2D eigenvalue weighted by atomic mass is 79.9. The van der Waals surface area contributed by atoms with Gasteiger partial charge in [-0.25, -0.2) is 4.39 Å². The van der Waals surface area contributed by atoms with Gasteiger partial charge in [0, 0.05) is 22.3 Å². The number of benzene rings is 1. The summed E-state index contributed by atoms with van der Waals surface area (Å²) in [6, 6.07) is 5.39. The number of hydrogen-bond acceptors (Lipinski definition) is 3. The van der Waals surface area contributed by atoms with Crippen molar-refractivity contribution in [3.8, 4) is 0 Å². The average molecular weight is 398 g/mol. The van der Waals surface area contributed by atoms with E-state index in [1.807, 2.05) is 6.07 Å². The highest BCUT2D eigenvalue weighted by molar-refractivity contribution is 9.10. The zero-order valence-electron chi connectivity index (χ0n) is 12.3. The molecule has 0 saturated heterocycles. The lowest BCUT2D eigenvalue weighted by Gasteiger charge is -2.16. The fourth-order valence-corrected chi connectivity index (χ4v) is 3.13. The summed E-state index contributed by atoms with van der Waals surface area (Å²) in [4.78, 5) is 12.4. The molecule has 1 amide bonds.